The van der Waals surface area contributed by atoms with E-state index in [-0.39, 0.29) is 18.1 Å². The molecule has 136 valence electrons. The molecule has 3 aliphatic heterocycles. The van der Waals surface area contributed by atoms with Gasteiger partial charge in [-0.25, -0.2) is 4.79 Å². The fraction of sp³-hybridized carbons (Fsp3) is 0.261. The fourth-order valence-electron chi connectivity index (χ4n) is 4.48. The van der Waals surface area contributed by atoms with Gasteiger partial charge in [-0.1, -0.05) is 55.1 Å². The molecule has 4 nitrogen and oxygen atoms in total. The smallest absolute Gasteiger partial charge is 0.334 e. The Morgan fingerprint density at radius 2 is 1.70 bits per heavy atom. The number of benzene rings is 2. The summed E-state index contributed by atoms with van der Waals surface area (Å²) >= 11 is 0. The van der Waals surface area contributed by atoms with Gasteiger partial charge in [-0.2, -0.15) is 0 Å². The summed E-state index contributed by atoms with van der Waals surface area (Å²) in [5, 5.41) is 0. The van der Waals surface area contributed by atoms with Crippen molar-refractivity contribution in [2.75, 3.05) is 0 Å². The second kappa shape index (κ2) is 5.83. The van der Waals surface area contributed by atoms with Crippen molar-refractivity contribution in [3.63, 3.8) is 0 Å². The Morgan fingerprint density at radius 1 is 1.07 bits per heavy atom. The van der Waals surface area contributed by atoms with E-state index in [0.717, 1.165) is 17.5 Å². The van der Waals surface area contributed by atoms with E-state index in [1.54, 1.807) is 6.92 Å². The van der Waals surface area contributed by atoms with E-state index in [2.05, 4.69) is 18.7 Å². The zero-order valence-corrected chi connectivity index (χ0v) is 15.1. The van der Waals surface area contributed by atoms with Crippen molar-refractivity contribution in [1.82, 2.24) is 0 Å². The van der Waals surface area contributed by atoms with Crippen LogP contribution in [0.2, 0.25) is 0 Å². The summed E-state index contributed by atoms with van der Waals surface area (Å²) in [5.74, 6) is 0.963. The number of hydrogen-bond acceptors (Lipinski definition) is 4. The quantitative estimate of drug-likeness (QED) is 0.459. The molecule has 0 aromatic heterocycles. The van der Waals surface area contributed by atoms with Crippen LogP contribution in [0.5, 0.6) is 11.5 Å². The summed E-state index contributed by atoms with van der Waals surface area (Å²) in [5.41, 5.74) is 1.10. The van der Waals surface area contributed by atoms with E-state index in [1.165, 1.54) is 0 Å². The predicted octanol–water partition coefficient (Wildman–Crippen LogP) is 4.50. The molecule has 2 aromatic rings. The Labute approximate surface area is 158 Å². The van der Waals surface area contributed by atoms with E-state index in [1.807, 2.05) is 48.5 Å². The molecule has 2 aromatic carbocycles. The summed E-state index contributed by atoms with van der Waals surface area (Å²) < 4.78 is 18.5. The SMILES string of the molecule is C=C(C)C(=O)OC1(C2CC3C=CC2O3)c2ccccc2Oc2ccccc21. The van der Waals surface area contributed by atoms with Gasteiger partial charge in [0.05, 0.1) is 12.2 Å². The molecule has 1 fully saturated rings. The van der Waals surface area contributed by atoms with Crippen LogP contribution in [-0.2, 0) is 19.9 Å². The van der Waals surface area contributed by atoms with Crippen LogP contribution in [-0.4, -0.2) is 18.2 Å². The standard InChI is InChI=1S/C23H20O4/c1-14(2)22(24)27-23(18-13-15-11-12-21(18)25-15)16-7-3-5-9-19(16)26-20-10-6-4-8-17(20)23/h3-12,15,18,21H,1,13H2,2H3. The normalized spacial score (nSPS) is 26.0. The zero-order chi connectivity index (χ0) is 18.6. The molecule has 3 unspecified atom stereocenters. The molecule has 2 bridgehead atoms. The number of fused-ring (bicyclic) bond motifs is 4. The summed E-state index contributed by atoms with van der Waals surface area (Å²) in [6.07, 6.45) is 4.91. The first-order valence-corrected chi connectivity index (χ1v) is 9.19. The average Bonchev–Trinajstić information content (AvgIpc) is 3.31. The lowest BCUT2D eigenvalue weighted by atomic mass is 9.69. The number of carbonyl (C=O) groups is 1. The van der Waals surface area contributed by atoms with Crippen LogP contribution >= 0.6 is 0 Å². The maximum absolute atomic E-state index is 12.8. The van der Waals surface area contributed by atoms with E-state index >= 15 is 0 Å². The van der Waals surface area contributed by atoms with Crippen LogP contribution in [0.25, 0.3) is 0 Å². The van der Waals surface area contributed by atoms with Gasteiger partial charge in [0, 0.05) is 22.6 Å². The third-order valence-electron chi connectivity index (χ3n) is 5.65. The van der Waals surface area contributed by atoms with Gasteiger partial charge in [0.1, 0.15) is 11.5 Å². The van der Waals surface area contributed by atoms with Crippen molar-refractivity contribution in [3.05, 3.63) is 84.0 Å². The first-order valence-electron chi connectivity index (χ1n) is 9.19. The maximum Gasteiger partial charge on any atom is 0.334 e. The monoisotopic (exact) mass is 360 g/mol. The lowest BCUT2D eigenvalue weighted by molar-refractivity contribution is -0.159. The van der Waals surface area contributed by atoms with Gasteiger partial charge >= 0.3 is 5.97 Å². The molecular weight excluding hydrogens is 340 g/mol. The van der Waals surface area contributed by atoms with Crippen LogP contribution in [0.1, 0.15) is 24.5 Å². The molecular formula is C23H20O4. The number of para-hydroxylation sites is 2. The molecule has 3 aliphatic rings. The van der Waals surface area contributed by atoms with Gasteiger partial charge in [-0.15, -0.1) is 0 Å². The Kier molecular flexibility index (Phi) is 3.52. The number of ether oxygens (including phenoxy) is 3. The summed E-state index contributed by atoms with van der Waals surface area (Å²) in [6, 6.07) is 15.5. The maximum atomic E-state index is 12.8. The van der Waals surface area contributed by atoms with Crippen LogP contribution in [0, 0.1) is 5.92 Å². The van der Waals surface area contributed by atoms with Gasteiger partial charge in [0.2, 0.25) is 0 Å². The number of esters is 1. The van der Waals surface area contributed by atoms with Crippen LogP contribution < -0.4 is 4.74 Å². The van der Waals surface area contributed by atoms with Crippen LogP contribution in [0.3, 0.4) is 0 Å². The lowest BCUT2D eigenvalue weighted by Gasteiger charge is -2.44. The molecule has 0 amide bonds. The molecule has 5 rings (SSSR count). The molecule has 3 atom stereocenters. The van der Waals surface area contributed by atoms with Crippen molar-refractivity contribution in [1.29, 1.82) is 0 Å². The Hall–Kier alpha value is -2.85. The van der Waals surface area contributed by atoms with Gasteiger partial charge in [-0.05, 0) is 25.5 Å². The summed E-state index contributed by atoms with van der Waals surface area (Å²) in [7, 11) is 0. The highest BCUT2D eigenvalue weighted by Crippen LogP contribution is 2.57. The summed E-state index contributed by atoms with van der Waals surface area (Å²) in [4.78, 5) is 12.8. The Bertz CT molecular complexity index is 928. The van der Waals surface area contributed by atoms with E-state index in [4.69, 9.17) is 14.2 Å². The minimum absolute atomic E-state index is 0.0398. The Balaban J connectivity index is 1.78. The van der Waals surface area contributed by atoms with E-state index in [9.17, 15) is 4.79 Å². The molecule has 3 heterocycles. The van der Waals surface area contributed by atoms with Gasteiger partial charge < -0.3 is 14.2 Å². The lowest BCUT2D eigenvalue weighted by Crippen LogP contribution is -2.46. The number of rotatable bonds is 3. The fourth-order valence-corrected chi connectivity index (χ4v) is 4.48. The van der Waals surface area contributed by atoms with E-state index in [0.29, 0.717) is 17.1 Å². The largest absolute Gasteiger partial charge is 0.456 e. The average molecular weight is 360 g/mol. The van der Waals surface area contributed by atoms with Crippen LogP contribution in [0.15, 0.2) is 72.8 Å². The molecule has 4 heteroatoms. The molecule has 0 N–H and O–H groups in total. The second-order valence-corrected chi connectivity index (χ2v) is 7.37. The molecule has 27 heavy (non-hydrogen) atoms. The first kappa shape index (κ1) is 16.3. The third kappa shape index (κ3) is 2.30. The van der Waals surface area contributed by atoms with Crippen molar-refractivity contribution in [3.8, 4) is 11.5 Å². The number of hydrogen-bond donors (Lipinski definition) is 0. The molecule has 0 radical (unpaired) electrons. The molecule has 0 aliphatic carbocycles. The van der Waals surface area contributed by atoms with Crippen molar-refractivity contribution in [2.45, 2.75) is 31.2 Å². The first-order chi connectivity index (χ1) is 13.1. The van der Waals surface area contributed by atoms with Gasteiger partial charge in [0.15, 0.2) is 5.60 Å². The predicted molar refractivity (Wildman–Crippen MR) is 101 cm³/mol. The van der Waals surface area contributed by atoms with Crippen molar-refractivity contribution < 1.29 is 19.0 Å². The minimum atomic E-state index is -0.981. The van der Waals surface area contributed by atoms with Crippen LogP contribution in [0.4, 0.5) is 0 Å². The molecule has 0 spiro atoms. The molecule has 0 saturated carbocycles. The van der Waals surface area contributed by atoms with Crippen molar-refractivity contribution >= 4 is 5.97 Å². The van der Waals surface area contributed by atoms with Gasteiger partial charge in [-0.3, -0.25) is 0 Å². The number of carbonyl (C=O) groups excluding carboxylic acids is 1. The van der Waals surface area contributed by atoms with Gasteiger partial charge in [0.25, 0.3) is 0 Å². The minimum Gasteiger partial charge on any atom is -0.456 e. The summed E-state index contributed by atoms with van der Waals surface area (Å²) in [6.45, 7) is 5.46. The zero-order valence-electron chi connectivity index (χ0n) is 15.1. The Morgan fingerprint density at radius 3 is 2.22 bits per heavy atom. The molecule has 1 saturated heterocycles. The highest BCUT2D eigenvalue weighted by molar-refractivity contribution is 5.88. The van der Waals surface area contributed by atoms with E-state index < -0.39 is 11.6 Å². The topological polar surface area (TPSA) is 44.8 Å². The second-order valence-electron chi connectivity index (χ2n) is 7.37. The third-order valence-corrected chi connectivity index (χ3v) is 5.65. The highest BCUT2D eigenvalue weighted by Gasteiger charge is 2.57. The highest BCUT2D eigenvalue weighted by atomic mass is 16.6. The van der Waals surface area contributed by atoms with Crippen molar-refractivity contribution in [2.24, 2.45) is 5.92 Å².